The molecule has 0 saturated carbocycles. The highest BCUT2D eigenvalue weighted by Gasteiger charge is 2.15. The molecule has 0 radical (unpaired) electrons. The van der Waals surface area contributed by atoms with Crippen molar-refractivity contribution in [3.8, 4) is 22.9 Å². The highest BCUT2D eigenvalue weighted by Crippen LogP contribution is 2.32. The fraction of sp³-hybridized carbons (Fsp3) is 0.125. The standard InChI is InChI=1S/C16H14N2O3/c1-18-15(10-6-4-3-5-7-10)17-13-11(16(18)20)8-9-12(19)14(13)21-2/h3-9,19H,1-2H3. The first-order chi connectivity index (χ1) is 10.1. The summed E-state index contributed by atoms with van der Waals surface area (Å²) >= 11 is 0. The van der Waals surface area contributed by atoms with E-state index in [0.717, 1.165) is 5.56 Å². The highest BCUT2D eigenvalue weighted by atomic mass is 16.5. The lowest BCUT2D eigenvalue weighted by molar-refractivity contribution is 0.377. The summed E-state index contributed by atoms with van der Waals surface area (Å²) in [6.45, 7) is 0. The molecule has 3 rings (SSSR count). The second-order valence-corrected chi connectivity index (χ2v) is 4.68. The van der Waals surface area contributed by atoms with Crippen LogP contribution < -0.4 is 10.3 Å². The maximum Gasteiger partial charge on any atom is 0.261 e. The molecule has 0 amide bonds. The molecule has 0 unspecified atom stereocenters. The number of rotatable bonds is 2. The smallest absolute Gasteiger partial charge is 0.261 e. The predicted octanol–water partition coefficient (Wildman–Crippen LogP) is 2.31. The molecular formula is C16H14N2O3. The second-order valence-electron chi connectivity index (χ2n) is 4.68. The molecule has 2 aromatic carbocycles. The molecule has 1 aromatic heterocycles. The Bertz CT molecular complexity index is 870. The number of fused-ring (bicyclic) bond motifs is 1. The van der Waals surface area contributed by atoms with Gasteiger partial charge < -0.3 is 9.84 Å². The lowest BCUT2D eigenvalue weighted by Crippen LogP contribution is -2.20. The van der Waals surface area contributed by atoms with Crippen molar-refractivity contribution in [3.05, 3.63) is 52.8 Å². The lowest BCUT2D eigenvalue weighted by Gasteiger charge is -2.12. The number of methoxy groups -OCH3 is 1. The number of hydrogen-bond donors (Lipinski definition) is 1. The topological polar surface area (TPSA) is 64.3 Å². The zero-order valence-corrected chi connectivity index (χ0v) is 11.7. The Balaban J connectivity index is 2.43. The molecule has 3 aromatic rings. The van der Waals surface area contributed by atoms with Gasteiger partial charge in [0.2, 0.25) is 0 Å². The van der Waals surface area contributed by atoms with Crippen LogP contribution in [0.5, 0.6) is 11.5 Å². The Morgan fingerprint density at radius 1 is 1.14 bits per heavy atom. The van der Waals surface area contributed by atoms with Gasteiger partial charge in [-0.25, -0.2) is 4.98 Å². The molecule has 0 aliphatic carbocycles. The Kier molecular flexibility index (Phi) is 3.10. The van der Waals surface area contributed by atoms with Crippen molar-refractivity contribution in [2.24, 2.45) is 7.05 Å². The van der Waals surface area contributed by atoms with Crippen LogP contribution in [0.4, 0.5) is 0 Å². The summed E-state index contributed by atoms with van der Waals surface area (Å²) in [5, 5.41) is 10.3. The minimum absolute atomic E-state index is 0.0373. The van der Waals surface area contributed by atoms with Gasteiger partial charge >= 0.3 is 0 Å². The van der Waals surface area contributed by atoms with Gasteiger partial charge in [0.15, 0.2) is 11.5 Å². The van der Waals surface area contributed by atoms with E-state index in [9.17, 15) is 9.90 Å². The van der Waals surface area contributed by atoms with Crippen molar-refractivity contribution < 1.29 is 9.84 Å². The molecule has 0 bridgehead atoms. The number of ether oxygens (including phenoxy) is 1. The van der Waals surface area contributed by atoms with Crippen LogP contribution >= 0.6 is 0 Å². The summed E-state index contributed by atoms with van der Waals surface area (Å²) < 4.78 is 6.68. The van der Waals surface area contributed by atoms with E-state index in [0.29, 0.717) is 16.7 Å². The fourth-order valence-corrected chi connectivity index (χ4v) is 2.35. The average molecular weight is 282 g/mol. The third-order valence-electron chi connectivity index (χ3n) is 3.42. The van der Waals surface area contributed by atoms with Gasteiger partial charge in [0, 0.05) is 12.6 Å². The van der Waals surface area contributed by atoms with Gasteiger partial charge in [-0.3, -0.25) is 9.36 Å². The Morgan fingerprint density at radius 3 is 2.52 bits per heavy atom. The maximum atomic E-state index is 12.5. The van der Waals surface area contributed by atoms with E-state index in [1.807, 2.05) is 30.3 Å². The van der Waals surface area contributed by atoms with Crippen molar-refractivity contribution >= 4 is 10.9 Å². The van der Waals surface area contributed by atoms with Gasteiger partial charge in [-0.05, 0) is 12.1 Å². The number of phenols is 1. The molecule has 21 heavy (non-hydrogen) atoms. The van der Waals surface area contributed by atoms with Crippen molar-refractivity contribution in [3.63, 3.8) is 0 Å². The molecular weight excluding hydrogens is 268 g/mol. The average Bonchev–Trinajstić information content (AvgIpc) is 2.51. The molecule has 0 aliphatic rings. The summed E-state index contributed by atoms with van der Waals surface area (Å²) in [5.41, 5.74) is 1.00. The normalized spacial score (nSPS) is 10.8. The van der Waals surface area contributed by atoms with Crippen LogP contribution in [0.25, 0.3) is 22.3 Å². The first-order valence-electron chi connectivity index (χ1n) is 6.45. The minimum Gasteiger partial charge on any atom is -0.504 e. The second kappa shape index (κ2) is 4.94. The van der Waals surface area contributed by atoms with Crippen LogP contribution in [0.1, 0.15) is 0 Å². The highest BCUT2D eigenvalue weighted by molar-refractivity contribution is 5.87. The molecule has 0 fully saturated rings. The van der Waals surface area contributed by atoms with Gasteiger partial charge in [0.05, 0.1) is 12.5 Å². The summed E-state index contributed by atoms with van der Waals surface area (Å²) in [6, 6.07) is 12.4. The number of benzene rings is 2. The predicted molar refractivity (Wildman–Crippen MR) is 80.6 cm³/mol. The fourth-order valence-electron chi connectivity index (χ4n) is 2.35. The largest absolute Gasteiger partial charge is 0.504 e. The third-order valence-corrected chi connectivity index (χ3v) is 3.42. The molecule has 1 heterocycles. The molecule has 0 aliphatic heterocycles. The van der Waals surface area contributed by atoms with E-state index in [2.05, 4.69) is 4.98 Å². The van der Waals surface area contributed by atoms with E-state index in [1.165, 1.54) is 17.7 Å². The third kappa shape index (κ3) is 2.03. The number of phenolic OH excluding ortho intramolecular Hbond substituents is 1. The summed E-state index contributed by atoms with van der Waals surface area (Å²) in [5.74, 6) is 0.698. The molecule has 1 N–H and O–H groups in total. The summed E-state index contributed by atoms with van der Waals surface area (Å²) in [4.78, 5) is 17.0. The molecule has 5 heteroatoms. The molecule has 0 spiro atoms. The number of aromatic nitrogens is 2. The van der Waals surface area contributed by atoms with Gasteiger partial charge in [0.1, 0.15) is 11.3 Å². The van der Waals surface area contributed by atoms with E-state index < -0.39 is 0 Å². The Labute approximate surface area is 121 Å². The molecule has 5 nitrogen and oxygen atoms in total. The molecule has 0 atom stereocenters. The van der Waals surface area contributed by atoms with Gasteiger partial charge in [-0.2, -0.15) is 0 Å². The summed E-state index contributed by atoms with van der Waals surface area (Å²) in [6.07, 6.45) is 0. The van der Waals surface area contributed by atoms with Crippen molar-refractivity contribution in [1.82, 2.24) is 9.55 Å². The first kappa shape index (κ1) is 13.2. The number of nitrogens with zero attached hydrogens (tertiary/aromatic N) is 2. The van der Waals surface area contributed by atoms with Crippen molar-refractivity contribution in [2.45, 2.75) is 0 Å². The van der Waals surface area contributed by atoms with Gasteiger partial charge in [-0.1, -0.05) is 30.3 Å². The van der Waals surface area contributed by atoms with Crippen LogP contribution in [0.15, 0.2) is 47.3 Å². The first-order valence-corrected chi connectivity index (χ1v) is 6.45. The number of hydrogen-bond acceptors (Lipinski definition) is 4. The SMILES string of the molecule is COc1c(O)ccc2c(=O)n(C)c(-c3ccccc3)nc12. The van der Waals surface area contributed by atoms with Crippen molar-refractivity contribution in [1.29, 1.82) is 0 Å². The quantitative estimate of drug-likeness (QED) is 0.783. The Hall–Kier alpha value is -2.82. The van der Waals surface area contributed by atoms with Crippen LogP contribution in [-0.4, -0.2) is 21.8 Å². The van der Waals surface area contributed by atoms with Gasteiger partial charge in [0.25, 0.3) is 5.56 Å². The maximum absolute atomic E-state index is 12.5. The monoisotopic (exact) mass is 282 g/mol. The van der Waals surface area contributed by atoms with Crippen molar-refractivity contribution in [2.75, 3.05) is 7.11 Å². The zero-order chi connectivity index (χ0) is 15.0. The van der Waals surface area contributed by atoms with Crippen LogP contribution in [-0.2, 0) is 7.05 Å². The van der Waals surface area contributed by atoms with E-state index in [-0.39, 0.29) is 17.1 Å². The van der Waals surface area contributed by atoms with Crippen LogP contribution in [0.3, 0.4) is 0 Å². The minimum atomic E-state index is -0.183. The van der Waals surface area contributed by atoms with Gasteiger partial charge in [-0.15, -0.1) is 0 Å². The van der Waals surface area contributed by atoms with E-state index in [4.69, 9.17) is 4.74 Å². The van der Waals surface area contributed by atoms with E-state index in [1.54, 1.807) is 13.1 Å². The number of aromatic hydroxyl groups is 1. The van der Waals surface area contributed by atoms with Crippen LogP contribution in [0, 0.1) is 0 Å². The molecule has 106 valence electrons. The van der Waals surface area contributed by atoms with E-state index >= 15 is 0 Å². The Morgan fingerprint density at radius 2 is 1.86 bits per heavy atom. The summed E-state index contributed by atoms with van der Waals surface area (Å²) in [7, 11) is 3.12. The molecule has 0 saturated heterocycles. The lowest BCUT2D eigenvalue weighted by atomic mass is 10.1. The zero-order valence-electron chi connectivity index (χ0n) is 11.7. The van der Waals surface area contributed by atoms with Crippen LogP contribution in [0.2, 0.25) is 0 Å².